The molecule has 2 aromatic rings. The normalized spacial score (nSPS) is 12.6. The van der Waals surface area contributed by atoms with E-state index in [-0.39, 0.29) is 5.75 Å². The first-order chi connectivity index (χ1) is 11.5. The summed E-state index contributed by atoms with van der Waals surface area (Å²) in [5, 5.41) is 1.75. The van der Waals surface area contributed by atoms with Crippen molar-refractivity contribution >= 4 is 24.9 Å². The number of thiophene rings is 1. The van der Waals surface area contributed by atoms with Crippen molar-refractivity contribution < 1.29 is 32.3 Å². The van der Waals surface area contributed by atoms with E-state index in [9.17, 15) is 13.8 Å². The van der Waals surface area contributed by atoms with Gasteiger partial charge in [-0.1, -0.05) is 12.1 Å². The van der Waals surface area contributed by atoms with Gasteiger partial charge in [0.05, 0.1) is 4.88 Å². The van der Waals surface area contributed by atoms with Crippen LogP contribution in [-0.2, 0) is 23.1 Å². The van der Waals surface area contributed by atoms with Gasteiger partial charge < -0.3 is 18.5 Å². The van der Waals surface area contributed by atoms with E-state index in [4.69, 9.17) is 18.5 Å². The molecule has 6 nitrogen and oxygen atoms in total. The number of halogens is 1. The van der Waals surface area contributed by atoms with Crippen molar-refractivity contribution in [2.24, 2.45) is 0 Å². The number of hydrogen-bond donors (Lipinski definition) is 0. The van der Waals surface area contributed by atoms with Crippen LogP contribution in [0.4, 0.5) is 4.39 Å². The van der Waals surface area contributed by atoms with E-state index < -0.39 is 31.8 Å². The fraction of sp³-hybridized carbons (Fsp3) is 0.267. The predicted molar refractivity (Wildman–Crippen MR) is 86.7 cm³/mol. The average molecular weight is 374 g/mol. The number of rotatable bonds is 8. The lowest BCUT2D eigenvalue weighted by molar-refractivity contribution is -0.148. The second-order valence-electron chi connectivity index (χ2n) is 4.51. The highest BCUT2D eigenvalue weighted by Gasteiger charge is 2.39. The maximum Gasteiger partial charge on any atom is 0.375 e. The molecular formula is C15H16FO6PS. The highest BCUT2D eigenvalue weighted by atomic mass is 32.1. The van der Waals surface area contributed by atoms with E-state index in [0.29, 0.717) is 4.88 Å². The van der Waals surface area contributed by atoms with Gasteiger partial charge in [-0.05, 0) is 23.6 Å². The Bertz CT molecular complexity index is 713. The molecule has 0 aliphatic rings. The van der Waals surface area contributed by atoms with E-state index in [1.54, 1.807) is 17.5 Å². The SMILES string of the molecule is COP(=O)(OC)C(OC(=O)COc1cccc(F)c1)c1cccs1. The molecule has 1 aromatic heterocycles. The zero-order chi connectivity index (χ0) is 17.6. The zero-order valence-corrected chi connectivity index (χ0v) is 14.7. The lowest BCUT2D eigenvalue weighted by Crippen LogP contribution is -2.19. The summed E-state index contributed by atoms with van der Waals surface area (Å²) in [7, 11) is -1.26. The minimum atomic E-state index is -3.69. The molecule has 24 heavy (non-hydrogen) atoms. The molecule has 0 saturated carbocycles. The van der Waals surface area contributed by atoms with Crippen molar-refractivity contribution in [3.8, 4) is 5.75 Å². The minimum absolute atomic E-state index is 0.182. The molecule has 9 heteroatoms. The average Bonchev–Trinajstić information content (AvgIpc) is 3.11. The van der Waals surface area contributed by atoms with Gasteiger partial charge in [0.2, 0.25) is 5.85 Å². The maximum absolute atomic E-state index is 13.1. The van der Waals surface area contributed by atoms with Gasteiger partial charge in [0.1, 0.15) is 11.6 Å². The third-order valence-electron chi connectivity index (χ3n) is 2.98. The van der Waals surface area contributed by atoms with Crippen LogP contribution in [-0.4, -0.2) is 26.8 Å². The summed E-state index contributed by atoms with van der Waals surface area (Å²) in [5.41, 5.74) is 0. The summed E-state index contributed by atoms with van der Waals surface area (Å²) in [4.78, 5) is 12.5. The molecule has 1 heterocycles. The van der Waals surface area contributed by atoms with Crippen LogP contribution in [0.2, 0.25) is 0 Å². The molecule has 0 spiro atoms. The van der Waals surface area contributed by atoms with Crippen LogP contribution in [0.25, 0.3) is 0 Å². The topological polar surface area (TPSA) is 71.1 Å². The second kappa shape index (κ2) is 8.39. The van der Waals surface area contributed by atoms with Crippen molar-refractivity contribution in [1.29, 1.82) is 0 Å². The smallest absolute Gasteiger partial charge is 0.375 e. The van der Waals surface area contributed by atoms with E-state index in [2.05, 4.69) is 0 Å². The summed E-state index contributed by atoms with van der Waals surface area (Å²) in [6, 6.07) is 8.72. The van der Waals surface area contributed by atoms with Crippen LogP contribution < -0.4 is 4.74 Å². The lowest BCUT2D eigenvalue weighted by Gasteiger charge is -2.23. The van der Waals surface area contributed by atoms with E-state index >= 15 is 0 Å². The Morgan fingerprint density at radius 1 is 1.25 bits per heavy atom. The zero-order valence-electron chi connectivity index (χ0n) is 13.0. The molecule has 0 fully saturated rings. The summed E-state index contributed by atoms with van der Waals surface area (Å²) < 4.78 is 45.9. The van der Waals surface area contributed by atoms with Crippen molar-refractivity contribution in [3.05, 3.63) is 52.5 Å². The Labute approximate surface area is 142 Å². The summed E-state index contributed by atoms with van der Waals surface area (Å²) in [6.45, 7) is -0.473. The van der Waals surface area contributed by atoms with Crippen molar-refractivity contribution in [2.45, 2.75) is 5.85 Å². The van der Waals surface area contributed by atoms with Gasteiger partial charge in [-0.25, -0.2) is 9.18 Å². The molecule has 1 atom stereocenters. The predicted octanol–water partition coefficient (Wildman–Crippen LogP) is 3.99. The highest BCUT2D eigenvalue weighted by molar-refractivity contribution is 7.54. The number of benzene rings is 1. The second-order valence-corrected chi connectivity index (χ2v) is 7.77. The van der Waals surface area contributed by atoms with E-state index in [1.807, 2.05) is 0 Å². The van der Waals surface area contributed by atoms with Gasteiger partial charge in [0, 0.05) is 20.3 Å². The van der Waals surface area contributed by atoms with Crippen LogP contribution in [0.1, 0.15) is 10.7 Å². The number of carbonyl (C=O) groups is 1. The van der Waals surface area contributed by atoms with Crippen molar-refractivity contribution in [2.75, 3.05) is 20.8 Å². The molecule has 0 aliphatic carbocycles. The molecule has 0 bridgehead atoms. The Kier molecular flexibility index (Phi) is 6.51. The van der Waals surface area contributed by atoms with Gasteiger partial charge >= 0.3 is 13.6 Å². The quantitative estimate of drug-likeness (QED) is 0.514. The third-order valence-corrected chi connectivity index (χ3v) is 6.04. The Balaban J connectivity index is 2.06. The number of hydrogen-bond acceptors (Lipinski definition) is 7. The van der Waals surface area contributed by atoms with Crippen LogP contribution in [0.3, 0.4) is 0 Å². The number of esters is 1. The molecule has 0 amide bonds. The van der Waals surface area contributed by atoms with Gasteiger partial charge in [-0.15, -0.1) is 11.3 Å². The fourth-order valence-corrected chi connectivity index (χ4v) is 4.22. The molecule has 1 aromatic carbocycles. The molecule has 130 valence electrons. The van der Waals surface area contributed by atoms with E-state index in [0.717, 1.165) is 6.07 Å². The molecule has 1 unspecified atom stereocenters. The van der Waals surface area contributed by atoms with Crippen molar-refractivity contribution in [1.82, 2.24) is 0 Å². The standard InChI is InChI=1S/C15H16FO6PS/c1-19-23(18,20-2)15(13-7-4-8-24-13)22-14(17)10-21-12-6-3-5-11(16)9-12/h3-9,15H,10H2,1-2H3. The van der Waals surface area contributed by atoms with Crippen LogP contribution in [0.5, 0.6) is 5.75 Å². The van der Waals surface area contributed by atoms with Gasteiger partial charge in [0.15, 0.2) is 6.61 Å². The van der Waals surface area contributed by atoms with Crippen LogP contribution >= 0.6 is 18.9 Å². The first kappa shape index (κ1) is 18.6. The largest absolute Gasteiger partial charge is 0.482 e. The molecule has 0 aliphatic heterocycles. The molecule has 0 radical (unpaired) electrons. The lowest BCUT2D eigenvalue weighted by atomic mass is 10.3. The Morgan fingerprint density at radius 2 is 2.00 bits per heavy atom. The fourth-order valence-electron chi connectivity index (χ4n) is 1.83. The summed E-state index contributed by atoms with van der Waals surface area (Å²) in [6.07, 6.45) is 0. The third kappa shape index (κ3) is 4.64. The molecule has 0 saturated heterocycles. The number of carbonyl (C=O) groups excluding carboxylic acids is 1. The number of ether oxygens (including phenoxy) is 2. The van der Waals surface area contributed by atoms with Gasteiger partial charge in [0.25, 0.3) is 0 Å². The summed E-state index contributed by atoms with van der Waals surface area (Å²) >= 11 is 1.25. The molecular weight excluding hydrogens is 358 g/mol. The summed E-state index contributed by atoms with van der Waals surface area (Å²) in [5.74, 6) is -2.29. The molecule has 2 rings (SSSR count). The van der Waals surface area contributed by atoms with Gasteiger partial charge in [-0.2, -0.15) is 0 Å². The minimum Gasteiger partial charge on any atom is -0.482 e. The maximum atomic E-state index is 13.1. The first-order valence-corrected chi connectivity index (χ1v) is 9.30. The van der Waals surface area contributed by atoms with E-state index in [1.165, 1.54) is 43.8 Å². The van der Waals surface area contributed by atoms with Gasteiger partial charge in [-0.3, -0.25) is 4.57 Å². The van der Waals surface area contributed by atoms with Crippen molar-refractivity contribution in [3.63, 3.8) is 0 Å². The highest BCUT2D eigenvalue weighted by Crippen LogP contribution is 2.61. The monoisotopic (exact) mass is 374 g/mol. The molecule has 0 N–H and O–H groups in total. The van der Waals surface area contributed by atoms with Crippen LogP contribution in [0, 0.1) is 5.82 Å². The Hall–Kier alpha value is -1.73. The van der Waals surface area contributed by atoms with Crippen LogP contribution in [0.15, 0.2) is 41.8 Å². The first-order valence-electron chi connectivity index (χ1n) is 6.81. The Morgan fingerprint density at radius 3 is 2.58 bits per heavy atom.